The van der Waals surface area contributed by atoms with Crippen molar-refractivity contribution in [2.24, 2.45) is 0 Å². The molecular formula is C17H22N4O. The lowest BCUT2D eigenvalue weighted by Crippen LogP contribution is -2.43. The minimum Gasteiger partial charge on any atom is -0.494 e. The van der Waals surface area contributed by atoms with Crippen LogP contribution in [-0.2, 0) is 0 Å². The molecule has 3 rings (SSSR count). The second kappa shape index (κ2) is 7.13. The number of hydrogen-bond donors (Lipinski definition) is 2. The number of pyridine rings is 1. The summed E-state index contributed by atoms with van der Waals surface area (Å²) in [5.74, 6) is 2.77. The van der Waals surface area contributed by atoms with E-state index in [1.807, 2.05) is 43.3 Å². The van der Waals surface area contributed by atoms with Crippen LogP contribution in [0.3, 0.4) is 0 Å². The number of anilines is 3. The Morgan fingerprint density at radius 1 is 1.14 bits per heavy atom. The van der Waals surface area contributed by atoms with Crippen molar-refractivity contribution < 1.29 is 4.74 Å². The first-order valence-corrected chi connectivity index (χ1v) is 7.78. The Hall–Kier alpha value is -2.27. The molecule has 1 aromatic carbocycles. The Morgan fingerprint density at radius 3 is 2.64 bits per heavy atom. The monoisotopic (exact) mass is 298 g/mol. The molecule has 0 atom stereocenters. The van der Waals surface area contributed by atoms with Gasteiger partial charge in [0.2, 0.25) is 0 Å². The lowest BCUT2D eigenvalue weighted by Gasteiger charge is -2.28. The first-order valence-electron chi connectivity index (χ1n) is 7.78. The minimum absolute atomic E-state index is 0.682. The topological polar surface area (TPSA) is 49.4 Å². The van der Waals surface area contributed by atoms with Gasteiger partial charge in [-0.05, 0) is 43.3 Å². The Bertz CT molecular complexity index is 594. The second-order valence-corrected chi connectivity index (χ2v) is 5.20. The Morgan fingerprint density at radius 2 is 1.91 bits per heavy atom. The first kappa shape index (κ1) is 14.7. The van der Waals surface area contributed by atoms with Crippen LogP contribution >= 0.6 is 0 Å². The fourth-order valence-electron chi connectivity index (χ4n) is 2.51. The zero-order valence-electron chi connectivity index (χ0n) is 12.9. The Kier molecular flexibility index (Phi) is 4.75. The molecule has 0 aliphatic carbocycles. The highest BCUT2D eigenvalue weighted by Gasteiger charge is 2.11. The highest BCUT2D eigenvalue weighted by atomic mass is 16.5. The standard InChI is InChI=1S/C17H22N4O/c1-2-22-15-8-6-14(7-9-15)19-16-4-3-5-17(20-16)21-12-10-18-11-13-21/h3-9,18H,2,10-13H2,1H3,(H,19,20). The van der Waals surface area contributed by atoms with E-state index in [0.29, 0.717) is 6.61 Å². The van der Waals surface area contributed by atoms with Gasteiger partial charge in [0.25, 0.3) is 0 Å². The van der Waals surface area contributed by atoms with Gasteiger partial charge in [0.05, 0.1) is 6.61 Å². The van der Waals surface area contributed by atoms with Gasteiger partial charge in [0.1, 0.15) is 17.4 Å². The molecule has 1 fully saturated rings. The van der Waals surface area contributed by atoms with Crippen LogP contribution in [0.15, 0.2) is 42.5 Å². The molecule has 0 radical (unpaired) electrons. The third-order valence-corrected chi connectivity index (χ3v) is 3.61. The highest BCUT2D eigenvalue weighted by Crippen LogP contribution is 2.21. The molecule has 5 heteroatoms. The number of rotatable bonds is 5. The van der Waals surface area contributed by atoms with Crippen molar-refractivity contribution >= 4 is 17.3 Å². The maximum atomic E-state index is 5.45. The maximum Gasteiger partial charge on any atom is 0.132 e. The number of nitrogens with one attached hydrogen (secondary N) is 2. The molecule has 22 heavy (non-hydrogen) atoms. The first-order chi connectivity index (χ1) is 10.8. The quantitative estimate of drug-likeness (QED) is 0.888. The predicted molar refractivity (Wildman–Crippen MR) is 90.2 cm³/mol. The molecule has 2 N–H and O–H groups in total. The highest BCUT2D eigenvalue weighted by molar-refractivity contribution is 5.59. The summed E-state index contributed by atoms with van der Waals surface area (Å²) in [6, 6.07) is 14.0. The van der Waals surface area contributed by atoms with Crippen molar-refractivity contribution in [2.45, 2.75) is 6.92 Å². The number of aromatic nitrogens is 1. The average molecular weight is 298 g/mol. The van der Waals surface area contributed by atoms with E-state index < -0.39 is 0 Å². The van der Waals surface area contributed by atoms with Crippen LogP contribution in [0, 0.1) is 0 Å². The normalized spacial score (nSPS) is 14.7. The molecule has 1 saturated heterocycles. The molecule has 0 unspecified atom stereocenters. The minimum atomic E-state index is 0.682. The van der Waals surface area contributed by atoms with Crippen LogP contribution in [0.1, 0.15) is 6.92 Å². The van der Waals surface area contributed by atoms with E-state index in [9.17, 15) is 0 Å². The molecule has 0 amide bonds. The number of piperazine rings is 1. The number of hydrogen-bond acceptors (Lipinski definition) is 5. The summed E-state index contributed by atoms with van der Waals surface area (Å²) in [7, 11) is 0. The largest absolute Gasteiger partial charge is 0.494 e. The van der Waals surface area contributed by atoms with Crippen LogP contribution in [-0.4, -0.2) is 37.8 Å². The summed E-state index contributed by atoms with van der Waals surface area (Å²) in [5, 5.41) is 6.70. The Labute approximate surface area is 131 Å². The zero-order valence-corrected chi connectivity index (χ0v) is 12.9. The number of ether oxygens (including phenoxy) is 1. The summed E-state index contributed by atoms with van der Waals surface area (Å²) in [5.41, 5.74) is 1.01. The third-order valence-electron chi connectivity index (χ3n) is 3.61. The van der Waals surface area contributed by atoms with Gasteiger partial charge in [0.15, 0.2) is 0 Å². The van der Waals surface area contributed by atoms with Crippen molar-refractivity contribution in [3.05, 3.63) is 42.5 Å². The second-order valence-electron chi connectivity index (χ2n) is 5.20. The van der Waals surface area contributed by atoms with Crippen molar-refractivity contribution in [1.82, 2.24) is 10.3 Å². The van der Waals surface area contributed by atoms with Gasteiger partial charge in [-0.2, -0.15) is 0 Å². The smallest absolute Gasteiger partial charge is 0.132 e. The van der Waals surface area contributed by atoms with Crippen LogP contribution in [0.25, 0.3) is 0 Å². The average Bonchev–Trinajstić information content (AvgIpc) is 2.58. The van der Waals surface area contributed by atoms with Crippen LogP contribution in [0.4, 0.5) is 17.3 Å². The number of nitrogens with zero attached hydrogens (tertiary/aromatic N) is 2. The molecule has 1 aromatic heterocycles. The van der Waals surface area contributed by atoms with Gasteiger partial charge in [0, 0.05) is 31.9 Å². The van der Waals surface area contributed by atoms with E-state index >= 15 is 0 Å². The SMILES string of the molecule is CCOc1ccc(Nc2cccc(N3CCNCC3)n2)cc1. The zero-order chi connectivity index (χ0) is 15.2. The van der Waals surface area contributed by atoms with E-state index in [1.165, 1.54) is 0 Å². The molecule has 1 aliphatic rings. The molecule has 116 valence electrons. The van der Waals surface area contributed by atoms with E-state index in [-0.39, 0.29) is 0 Å². The van der Waals surface area contributed by atoms with Gasteiger partial charge in [-0.25, -0.2) is 4.98 Å². The molecule has 0 saturated carbocycles. The fraction of sp³-hybridized carbons (Fsp3) is 0.353. The number of benzene rings is 1. The van der Waals surface area contributed by atoms with Gasteiger partial charge in [-0.3, -0.25) is 0 Å². The summed E-state index contributed by atoms with van der Waals surface area (Å²) in [6.45, 7) is 6.69. The lowest BCUT2D eigenvalue weighted by molar-refractivity contribution is 0.340. The lowest BCUT2D eigenvalue weighted by atomic mass is 10.3. The summed E-state index contributed by atoms with van der Waals surface area (Å²) >= 11 is 0. The fourth-order valence-corrected chi connectivity index (χ4v) is 2.51. The van der Waals surface area contributed by atoms with E-state index in [2.05, 4.69) is 21.6 Å². The predicted octanol–water partition coefficient (Wildman–Crippen LogP) is 2.63. The maximum absolute atomic E-state index is 5.45. The van der Waals surface area contributed by atoms with Crippen LogP contribution in [0.2, 0.25) is 0 Å². The van der Waals surface area contributed by atoms with Crippen molar-refractivity contribution in [3.8, 4) is 5.75 Å². The third kappa shape index (κ3) is 3.68. The van der Waals surface area contributed by atoms with Crippen LogP contribution in [0.5, 0.6) is 5.75 Å². The molecule has 2 heterocycles. The van der Waals surface area contributed by atoms with Gasteiger partial charge >= 0.3 is 0 Å². The van der Waals surface area contributed by atoms with Crippen molar-refractivity contribution in [1.29, 1.82) is 0 Å². The van der Waals surface area contributed by atoms with Crippen LogP contribution < -0.4 is 20.3 Å². The summed E-state index contributed by atoms with van der Waals surface area (Å²) in [4.78, 5) is 7.01. The van der Waals surface area contributed by atoms with Gasteiger partial charge in [-0.15, -0.1) is 0 Å². The van der Waals surface area contributed by atoms with Crippen molar-refractivity contribution in [3.63, 3.8) is 0 Å². The van der Waals surface area contributed by atoms with E-state index in [0.717, 1.165) is 49.3 Å². The van der Waals surface area contributed by atoms with Gasteiger partial charge < -0.3 is 20.3 Å². The molecule has 2 aromatic rings. The van der Waals surface area contributed by atoms with Crippen molar-refractivity contribution in [2.75, 3.05) is 43.0 Å². The summed E-state index contributed by atoms with van der Waals surface area (Å²) in [6.07, 6.45) is 0. The van der Waals surface area contributed by atoms with E-state index in [1.54, 1.807) is 0 Å². The molecule has 1 aliphatic heterocycles. The molecule has 0 spiro atoms. The molecule has 0 bridgehead atoms. The molecule has 5 nitrogen and oxygen atoms in total. The molecular weight excluding hydrogens is 276 g/mol. The Balaban J connectivity index is 1.69. The van der Waals surface area contributed by atoms with Gasteiger partial charge in [-0.1, -0.05) is 6.07 Å². The van der Waals surface area contributed by atoms with E-state index in [4.69, 9.17) is 9.72 Å². The summed E-state index contributed by atoms with van der Waals surface area (Å²) < 4.78 is 5.45.